The van der Waals surface area contributed by atoms with Crippen molar-refractivity contribution in [2.24, 2.45) is 5.92 Å². The highest BCUT2D eigenvalue weighted by Crippen LogP contribution is 2.30. The van der Waals surface area contributed by atoms with E-state index in [2.05, 4.69) is 33.9 Å². The predicted octanol–water partition coefficient (Wildman–Crippen LogP) is 4.10. The molecular formula is C25H28N4O4S. The fourth-order valence-electron chi connectivity index (χ4n) is 4.04. The van der Waals surface area contributed by atoms with Crippen LogP contribution in [0.15, 0.2) is 53.4 Å². The van der Waals surface area contributed by atoms with E-state index in [1.165, 1.54) is 18.2 Å². The second kappa shape index (κ2) is 9.42. The van der Waals surface area contributed by atoms with E-state index in [9.17, 15) is 13.2 Å². The first kappa shape index (κ1) is 23.7. The van der Waals surface area contributed by atoms with E-state index >= 15 is 0 Å². The molecule has 0 saturated heterocycles. The van der Waals surface area contributed by atoms with E-state index in [4.69, 9.17) is 4.74 Å². The number of rotatable bonds is 3. The first-order chi connectivity index (χ1) is 16.1. The van der Waals surface area contributed by atoms with Crippen LogP contribution < -0.4 is 14.8 Å². The summed E-state index contributed by atoms with van der Waals surface area (Å²) in [4.78, 5) is 21.5. The number of amides is 1. The molecule has 0 radical (unpaired) electrons. The summed E-state index contributed by atoms with van der Waals surface area (Å²) in [6.07, 6.45) is 0.308. The molecule has 1 amide bonds. The normalized spacial score (nSPS) is 17.4. The van der Waals surface area contributed by atoms with Crippen molar-refractivity contribution in [2.75, 3.05) is 11.3 Å². The highest BCUT2D eigenvalue weighted by Gasteiger charge is 2.23. The molecule has 0 fully saturated rings. The van der Waals surface area contributed by atoms with Gasteiger partial charge >= 0.3 is 0 Å². The van der Waals surface area contributed by atoms with E-state index in [-0.39, 0.29) is 40.8 Å². The molecule has 1 aliphatic rings. The van der Waals surface area contributed by atoms with Crippen LogP contribution >= 0.6 is 0 Å². The van der Waals surface area contributed by atoms with Crippen LogP contribution in [0.1, 0.15) is 41.8 Å². The third-order valence-corrected chi connectivity index (χ3v) is 6.91. The molecule has 9 heteroatoms. The van der Waals surface area contributed by atoms with Gasteiger partial charge in [-0.25, -0.2) is 18.1 Å². The van der Waals surface area contributed by atoms with Gasteiger partial charge in [0.25, 0.3) is 15.9 Å². The lowest BCUT2D eigenvalue weighted by atomic mass is 10.00. The van der Waals surface area contributed by atoms with Crippen molar-refractivity contribution in [3.63, 3.8) is 0 Å². The Balaban J connectivity index is 1.88. The number of hydrogen-bond acceptors (Lipinski definition) is 6. The second-order valence-corrected chi connectivity index (χ2v) is 10.6. The van der Waals surface area contributed by atoms with Crippen LogP contribution in [0.25, 0.3) is 11.3 Å². The van der Waals surface area contributed by atoms with Crippen LogP contribution in [0.3, 0.4) is 0 Å². The van der Waals surface area contributed by atoms with Crippen LogP contribution in [-0.4, -0.2) is 36.9 Å². The summed E-state index contributed by atoms with van der Waals surface area (Å²) in [6.45, 7) is 8.33. The molecule has 3 aromatic rings. The first-order valence-electron chi connectivity index (χ1n) is 11.2. The minimum Gasteiger partial charge on any atom is -0.472 e. The molecule has 1 aromatic heterocycles. The number of anilines is 1. The molecule has 4 bridgehead atoms. The SMILES string of the molecule is Cc1cccc(C)c1-c1cc2nc(n1)NS(=O)(=O)c1cccc(c1)C(=O)NCC(CC(C)C)O2. The van der Waals surface area contributed by atoms with Crippen LogP contribution in [0.4, 0.5) is 5.95 Å². The lowest BCUT2D eigenvalue weighted by Gasteiger charge is -2.21. The average molecular weight is 481 g/mol. The fourth-order valence-corrected chi connectivity index (χ4v) is 5.03. The lowest BCUT2D eigenvalue weighted by molar-refractivity contribution is 0.0915. The number of nitrogens with one attached hydrogen (secondary N) is 2. The number of ether oxygens (including phenoxy) is 1. The molecule has 1 unspecified atom stereocenters. The Kier molecular flexibility index (Phi) is 6.56. The minimum absolute atomic E-state index is 0.0540. The quantitative estimate of drug-likeness (QED) is 0.584. The van der Waals surface area contributed by atoms with Gasteiger partial charge < -0.3 is 10.1 Å². The molecule has 178 valence electrons. The van der Waals surface area contributed by atoms with Crippen molar-refractivity contribution < 1.29 is 17.9 Å². The van der Waals surface area contributed by atoms with Gasteiger partial charge in [-0.15, -0.1) is 0 Å². The standard InChI is InChI=1S/C25H28N4O4S/c1-15(2)11-19-14-26-24(30)18-9-6-10-20(12-18)34(31,32)29-25-27-21(13-22(28-25)33-19)23-16(3)7-5-8-17(23)4/h5-10,12-13,15,19H,11,14H2,1-4H3,(H,26,30)(H,27,28,29). The zero-order chi connectivity index (χ0) is 24.5. The maximum Gasteiger partial charge on any atom is 0.264 e. The van der Waals surface area contributed by atoms with Crippen molar-refractivity contribution in [2.45, 2.75) is 45.1 Å². The van der Waals surface area contributed by atoms with Gasteiger partial charge in [0.1, 0.15) is 6.10 Å². The third kappa shape index (κ3) is 5.20. The Labute approximate surface area is 199 Å². The smallest absolute Gasteiger partial charge is 0.264 e. The molecule has 2 aromatic carbocycles. The van der Waals surface area contributed by atoms with Gasteiger partial charge in [-0.3, -0.25) is 4.79 Å². The monoisotopic (exact) mass is 480 g/mol. The topological polar surface area (TPSA) is 110 Å². The predicted molar refractivity (Wildman–Crippen MR) is 130 cm³/mol. The van der Waals surface area contributed by atoms with E-state index in [1.54, 1.807) is 12.1 Å². The third-order valence-electron chi connectivity index (χ3n) is 5.58. The number of benzene rings is 2. The molecule has 1 atom stereocenters. The molecule has 1 aliphatic heterocycles. The van der Waals surface area contributed by atoms with Gasteiger partial charge in [-0.05, 0) is 55.5 Å². The number of carbonyl (C=O) groups is 1. The Hall–Kier alpha value is -3.46. The summed E-state index contributed by atoms with van der Waals surface area (Å²) in [5.74, 6) is 0.0695. The zero-order valence-electron chi connectivity index (χ0n) is 19.6. The van der Waals surface area contributed by atoms with Crippen molar-refractivity contribution in [3.05, 3.63) is 65.2 Å². The van der Waals surface area contributed by atoms with Gasteiger partial charge in [0.15, 0.2) is 0 Å². The van der Waals surface area contributed by atoms with Crippen LogP contribution in [0.2, 0.25) is 0 Å². The van der Waals surface area contributed by atoms with Crippen molar-refractivity contribution in [1.29, 1.82) is 0 Å². The van der Waals surface area contributed by atoms with Crippen LogP contribution in [0.5, 0.6) is 5.88 Å². The maximum atomic E-state index is 13.1. The second-order valence-electron chi connectivity index (χ2n) is 8.89. The average Bonchev–Trinajstić information content (AvgIpc) is 2.76. The molecule has 0 spiro atoms. The zero-order valence-corrected chi connectivity index (χ0v) is 20.4. The number of sulfonamides is 1. The highest BCUT2D eigenvalue weighted by molar-refractivity contribution is 7.92. The Morgan fingerprint density at radius 1 is 1.06 bits per heavy atom. The Bertz CT molecular complexity index is 1320. The number of aromatic nitrogens is 2. The molecule has 0 saturated carbocycles. The van der Waals surface area contributed by atoms with Gasteiger partial charge in [0.05, 0.1) is 17.1 Å². The summed E-state index contributed by atoms with van der Waals surface area (Å²) in [5.41, 5.74) is 3.67. The Morgan fingerprint density at radius 3 is 2.47 bits per heavy atom. The van der Waals surface area contributed by atoms with Gasteiger partial charge in [-0.1, -0.05) is 38.1 Å². The van der Waals surface area contributed by atoms with Crippen molar-refractivity contribution >= 4 is 21.9 Å². The van der Waals surface area contributed by atoms with E-state index < -0.39 is 10.0 Å². The first-order valence-corrected chi connectivity index (χ1v) is 12.6. The maximum absolute atomic E-state index is 13.1. The van der Waals surface area contributed by atoms with E-state index in [1.807, 2.05) is 32.0 Å². The summed E-state index contributed by atoms with van der Waals surface area (Å²) in [7, 11) is -4.04. The summed E-state index contributed by atoms with van der Waals surface area (Å²) in [6, 6.07) is 13.5. The van der Waals surface area contributed by atoms with E-state index in [0.717, 1.165) is 16.7 Å². The molecule has 8 nitrogen and oxygen atoms in total. The summed E-state index contributed by atoms with van der Waals surface area (Å²) in [5, 5.41) is 2.86. The molecule has 2 N–H and O–H groups in total. The number of hydrogen-bond donors (Lipinski definition) is 2. The molecule has 4 rings (SSSR count). The summed E-state index contributed by atoms with van der Waals surface area (Å²) < 4.78 is 34.9. The Morgan fingerprint density at radius 2 is 1.76 bits per heavy atom. The number of carbonyl (C=O) groups excluding carboxylic acids is 1. The molecule has 0 aliphatic carbocycles. The van der Waals surface area contributed by atoms with E-state index in [0.29, 0.717) is 18.0 Å². The van der Waals surface area contributed by atoms with Gasteiger partial charge in [-0.2, -0.15) is 4.98 Å². The van der Waals surface area contributed by atoms with Crippen molar-refractivity contribution in [1.82, 2.24) is 15.3 Å². The largest absolute Gasteiger partial charge is 0.472 e. The van der Waals surface area contributed by atoms with Crippen LogP contribution in [0, 0.1) is 19.8 Å². The summed E-state index contributed by atoms with van der Waals surface area (Å²) >= 11 is 0. The van der Waals surface area contributed by atoms with Gasteiger partial charge in [0, 0.05) is 17.2 Å². The van der Waals surface area contributed by atoms with Crippen LogP contribution in [-0.2, 0) is 10.0 Å². The number of aryl methyl sites for hydroxylation is 2. The fraction of sp³-hybridized carbons (Fsp3) is 0.320. The minimum atomic E-state index is -4.04. The molecular weight excluding hydrogens is 452 g/mol. The lowest BCUT2D eigenvalue weighted by Crippen LogP contribution is -2.36. The highest BCUT2D eigenvalue weighted by atomic mass is 32.2. The van der Waals surface area contributed by atoms with Crippen molar-refractivity contribution in [3.8, 4) is 17.1 Å². The number of fused-ring (bicyclic) bond motifs is 4. The molecule has 34 heavy (non-hydrogen) atoms. The number of nitrogens with zero attached hydrogens (tertiary/aromatic N) is 2. The van der Waals surface area contributed by atoms with Gasteiger partial charge in [0.2, 0.25) is 11.8 Å². The molecule has 2 heterocycles.